The topological polar surface area (TPSA) is 59.0 Å². The number of hydrogen-bond donors (Lipinski definition) is 1. The van der Waals surface area contributed by atoms with Crippen LogP contribution in [0.2, 0.25) is 0 Å². The Balaban J connectivity index is 1.64. The van der Waals surface area contributed by atoms with Crippen molar-refractivity contribution in [3.63, 3.8) is 0 Å². The summed E-state index contributed by atoms with van der Waals surface area (Å²) in [6, 6.07) is 23.8. The molecule has 0 aliphatic carbocycles. The Morgan fingerprint density at radius 3 is 2.02 bits per heavy atom. The minimum Gasteiger partial charge on any atom is -0.504 e. The van der Waals surface area contributed by atoms with Crippen molar-refractivity contribution in [1.29, 1.82) is 0 Å². The molecule has 0 aromatic heterocycles. The molecule has 0 radical (unpaired) electrons. The fourth-order valence-electron chi connectivity index (χ4n) is 6.07. The third-order valence-corrected chi connectivity index (χ3v) is 8.80. The number of aliphatic hydroxyl groups excluding tert-OH is 1. The van der Waals surface area contributed by atoms with E-state index in [-0.39, 0.29) is 23.9 Å². The van der Waals surface area contributed by atoms with Crippen LogP contribution in [0, 0.1) is 0 Å². The van der Waals surface area contributed by atoms with E-state index in [1.54, 1.807) is 7.11 Å². The Morgan fingerprint density at radius 2 is 1.45 bits per heavy atom. The molecular weight excluding hydrogens is 546 g/mol. The van der Waals surface area contributed by atoms with Gasteiger partial charge in [0.2, 0.25) is 0 Å². The quantitative estimate of drug-likeness (QED) is 0.0820. The molecule has 5 nitrogen and oxygen atoms in total. The fourth-order valence-corrected chi connectivity index (χ4v) is 6.07. The van der Waals surface area contributed by atoms with Crippen LogP contribution in [0.4, 0.5) is 5.69 Å². The zero-order valence-corrected chi connectivity index (χ0v) is 27.4. The highest BCUT2D eigenvalue weighted by molar-refractivity contribution is 5.79. The molecule has 1 heterocycles. The standard InChI is InChI=1S/C39H49NO4/c1-7-10-11-12-23-40-36-22-19-31(24-35(36)39(4,5)38(40)25-32(27-43-6)37(42)26-41)30-15-13-28(14-16-30)29-17-20-34(21-18-29)44-33(8-2)9-3/h13-22,24-26,33,42H,7-12,23,27H2,1-6H3/b37-32+,38-25+. The molecule has 0 saturated heterocycles. The van der Waals surface area contributed by atoms with Crippen LogP contribution in [0.3, 0.4) is 0 Å². The normalized spacial score (nSPS) is 15.4. The van der Waals surface area contributed by atoms with E-state index in [0.717, 1.165) is 60.4 Å². The van der Waals surface area contributed by atoms with Gasteiger partial charge in [-0.15, -0.1) is 0 Å². The molecule has 0 unspecified atom stereocenters. The third-order valence-electron chi connectivity index (χ3n) is 8.80. The van der Waals surface area contributed by atoms with Gasteiger partial charge in [0.25, 0.3) is 0 Å². The number of aldehydes is 1. The molecular formula is C39H49NO4. The Bertz CT molecular complexity index is 1450. The highest BCUT2D eigenvalue weighted by Crippen LogP contribution is 2.49. The van der Waals surface area contributed by atoms with Crippen molar-refractivity contribution in [2.45, 2.75) is 84.7 Å². The van der Waals surface area contributed by atoms with Crippen molar-refractivity contribution in [3.05, 3.63) is 95.4 Å². The Labute approximate surface area is 264 Å². The summed E-state index contributed by atoms with van der Waals surface area (Å²) in [6.45, 7) is 12.0. The Hall–Kier alpha value is -3.83. The summed E-state index contributed by atoms with van der Waals surface area (Å²) in [6.07, 6.45) is 9.31. The number of ether oxygens (including phenoxy) is 2. The van der Waals surface area contributed by atoms with Crippen LogP contribution >= 0.6 is 0 Å². The summed E-state index contributed by atoms with van der Waals surface area (Å²) in [4.78, 5) is 13.8. The third kappa shape index (κ3) is 7.44. The van der Waals surface area contributed by atoms with E-state index in [1.165, 1.54) is 29.7 Å². The molecule has 1 aliphatic heterocycles. The number of unbranched alkanes of at least 4 members (excludes halogenated alkanes) is 3. The first-order valence-corrected chi connectivity index (χ1v) is 16.1. The Kier molecular flexibility index (Phi) is 11.5. The second-order valence-corrected chi connectivity index (χ2v) is 12.2. The average molecular weight is 596 g/mol. The minimum absolute atomic E-state index is 0.162. The molecule has 0 bridgehead atoms. The summed E-state index contributed by atoms with van der Waals surface area (Å²) in [7, 11) is 1.57. The van der Waals surface area contributed by atoms with Gasteiger partial charge in [0, 0.05) is 36.0 Å². The predicted molar refractivity (Wildman–Crippen MR) is 183 cm³/mol. The van der Waals surface area contributed by atoms with E-state index in [1.807, 2.05) is 6.08 Å². The van der Waals surface area contributed by atoms with Gasteiger partial charge >= 0.3 is 0 Å². The molecule has 0 spiro atoms. The van der Waals surface area contributed by atoms with Gasteiger partial charge in [-0.05, 0) is 77.4 Å². The first-order valence-electron chi connectivity index (χ1n) is 16.1. The van der Waals surface area contributed by atoms with Crippen molar-refractivity contribution in [1.82, 2.24) is 0 Å². The summed E-state index contributed by atoms with van der Waals surface area (Å²) in [5.41, 5.74) is 8.27. The number of carbonyl (C=O) groups excluding carboxylic acids is 1. The maximum absolute atomic E-state index is 11.5. The maximum Gasteiger partial charge on any atom is 0.184 e. The summed E-state index contributed by atoms with van der Waals surface area (Å²) < 4.78 is 11.4. The van der Waals surface area contributed by atoms with Gasteiger partial charge in [0.1, 0.15) is 5.75 Å². The van der Waals surface area contributed by atoms with Gasteiger partial charge in [0.15, 0.2) is 12.0 Å². The van der Waals surface area contributed by atoms with Crippen molar-refractivity contribution < 1.29 is 19.4 Å². The van der Waals surface area contributed by atoms with Gasteiger partial charge in [-0.3, -0.25) is 4.79 Å². The predicted octanol–water partition coefficient (Wildman–Crippen LogP) is 9.81. The van der Waals surface area contributed by atoms with Gasteiger partial charge in [-0.25, -0.2) is 0 Å². The molecule has 1 aliphatic rings. The molecule has 5 heteroatoms. The second kappa shape index (κ2) is 15.3. The summed E-state index contributed by atoms with van der Waals surface area (Å²) in [5, 5.41) is 10.4. The van der Waals surface area contributed by atoms with E-state index in [4.69, 9.17) is 9.47 Å². The molecule has 0 saturated carbocycles. The lowest BCUT2D eigenvalue weighted by Crippen LogP contribution is -2.27. The molecule has 0 atom stereocenters. The van der Waals surface area contributed by atoms with E-state index in [9.17, 15) is 9.90 Å². The second-order valence-electron chi connectivity index (χ2n) is 12.2. The molecule has 3 aromatic rings. The number of carbonyl (C=O) groups is 1. The number of methoxy groups -OCH3 is 1. The number of anilines is 1. The number of rotatable bonds is 15. The van der Waals surface area contributed by atoms with E-state index in [0.29, 0.717) is 11.9 Å². The average Bonchev–Trinajstić information content (AvgIpc) is 3.26. The monoisotopic (exact) mass is 595 g/mol. The smallest absolute Gasteiger partial charge is 0.184 e. The first-order chi connectivity index (χ1) is 21.3. The number of hydrogen-bond acceptors (Lipinski definition) is 5. The van der Waals surface area contributed by atoms with Crippen molar-refractivity contribution in [3.8, 4) is 28.0 Å². The molecule has 0 fully saturated rings. The fraction of sp³-hybridized carbons (Fsp3) is 0.410. The molecule has 0 amide bonds. The van der Waals surface area contributed by atoms with Crippen molar-refractivity contribution >= 4 is 12.0 Å². The van der Waals surface area contributed by atoms with Gasteiger partial charge in [-0.2, -0.15) is 0 Å². The molecule has 44 heavy (non-hydrogen) atoms. The van der Waals surface area contributed by atoms with Crippen molar-refractivity contribution in [2.24, 2.45) is 0 Å². The Morgan fingerprint density at radius 1 is 0.864 bits per heavy atom. The molecule has 1 N–H and O–H groups in total. The lowest BCUT2D eigenvalue weighted by Gasteiger charge is -2.28. The maximum atomic E-state index is 11.5. The SMILES string of the molecule is CCCCCCN1/C(=C/C(COC)=C(\O)C=O)C(C)(C)c2cc(-c3ccc(-c4ccc(OC(CC)CC)cc4)cc3)ccc21. The number of nitrogens with zero attached hydrogens (tertiary/aromatic N) is 1. The number of allylic oxidation sites excluding steroid dienone is 2. The zero-order valence-electron chi connectivity index (χ0n) is 27.4. The zero-order chi connectivity index (χ0) is 31.7. The van der Waals surface area contributed by atoms with Crippen LogP contribution in [0.1, 0.15) is 78.7 Å². The highest BCUT2D eigenvalue weighted by atomic mass is 16.5. The number of aliphatic hydroxyl groups is 1. The highest BCUT2D eigenvalue weighted by Gasteiger charge is 2.40. The van der Waals surface area contributed by atoms with Crippen LogP contribution < -0.4 is 9.64 Å². The van der Waals surface area contributed by atoms with Gasteiger partial charge in [-0.1, -0.05) is 96.3 Å². The number of benzene rings is 3. The summed E-state index contributed by atoms with van der Waals surface area (Å²) >= 11 is 0. The van der Waals surface area contributed by atoms with Crippen LogP contribution in [0.25, 0.3) is 22.3 Å². The molecule has 234 valence electrons. The van der Waals surface area contributed by atoms with E-state index < -0.39 is 0 Å². The van der Waals surface area contributed by atoms with Gasteiger partial charge in [0.05, 0.1) is 12.7 Å². The first kappa shape index (κ1) is 33.1. The van der Waals surface area contributed by atoms with E-state index in [2.05, 4.69) is 106 Å². The lowest BCUT2D eigenvalue weighted by atomic mass is 9.82. The van der Waals surface area contributed by atoms with Crippen LogP contribution in [-0.2, 0) is 14.9 Å². The lowest BCUT2D eigenvalue weighted by molar-refractivity contribution is -0.107. The van der Waals surface area contributed by atoms with Crippen LogP contribution in [0.15, 0.2) is 89.8 Å². The van der Waals surface area contributed by atoms with Gasteiger partial charge < -0.3 is 19.5 Å². The largest absolute Gasteiger partial charge is 0.504 e. The van der Waals surface area contributed by atoms with Crippen molar-refractivity contribution in [2.75, 3.05) is 25.2 Å². The number of fused-ring (bicyclic) bond motifs is 1. The minimum atomic E-state index is -0.337. The molecule has 3 aromatic carbocycles. The van der Waals surface area contributed by atoms with Crippen LogP contribution in [-0.4, -0.2) is 37.8 Å². The van der Waals surface area contributed by atoms with Crippen LogP contribution in [0.5, 0.6) is 5.75 Å². The summed E-state index contributed by atoms with van der Waals surface area (Å²) in [5.74, 6) is 0.630. The molecule has 4 rings (SSSR count). The van der Waals surface area contributed by atoms with E-state index >= 15 is 0 Å².